The van der Waals surface area contributed by atoms with Crippen LogP contribution in [0.4, 0.5) is 22.2 Å². The predicted molar refractivity (Wildman–Crippen MR) is 184 cm³/mol. The first kappa shape index (κ1) is 32.9. The minimum Gasteiger partial charge on any atom is -0.478 e. The van der Waals surface area contributed by atoms with Crippen molar-refractivity contribution in [3.05, 3.63) is 103 Å². The highest BCUT2D eigenvalue weighted by atomic mass is 16.6. The molecule has 7 rings (SSSR count). The fraction of sp³-hybridized carbons (Fsp3) is 0.314. The lowest BCUT2D eigenvalue weighted by atomic mass is 9.91. The maximum atomic E-state index is 13.1. The van der Waals surface area contributed by atoms with Crippen LogP contribution in [0.5, 0.6) is 0 Å². The number of nitrogens with zero attached hydrogens (tertiary/aromatic N) is 7. The number of pyridine rings is 1. The minimum absolute atomic E-state index is 0.0720. The van der Waals surface area contributed by atoms with Gasteiger partial charge in [-0.2, -0.15) is 9.97 Å². The van der Waals surface area contributed by atoms with Crippen molar-refractivity contribution < 1.29 is 29.6 Å². The molecule has 2 aliphatic rings. The number of aliphatic hydroxyl groups excluding tert-OH is 2. The number of carbonyl (C=O) groups is 2. The summed E-state index contributed by atoms with van der Waals surface area (Å²) in [5.41, 5.74) is 0.843. The van der Waals surface area contributed by atoms with Crippen LogP contribution in [0.1, 0.15) is 23.5 Å². The SMILES string of the molecule is CN(C(=O)N[C@@H]1CCN(c2nc(NCC(c3ccccc3)c3ccccc3)c3ncn(C4(C(=O)O)OCC(O)C4O)c3n2)C1)c1ccncc1. The molecular formula is C35H37N9O6. The van der Waals surface area contributed by atoms with Gasteiger partial charge >= 0.3 is 12.0 Å². The third kappa shape index (κ3) is 6.06. The number of carboxylic acids is 1. The molecule has 0 aliphatic carbocycles. The molecular weight excluding hydrogens is 642 g/mol. The van der Waals surface area contributed by atoms with E-state index in [0.29, 0.717) is 37.6 Å². The second-order valence-corrected chi connectivity index (χ2v) is 12.4. The predicted octanol–water partition coefficient (Wildman–Crippen LogP) is 2.38. The van der Waals surface area contributed by atoms with E-state index in [1.807, 2.05) is 41.3 Å². The fourth-order valence-corrected chi connectivity index (χ4v) is 6.56. The summed E-state index contributed by atoms with van der Waals surface area (Å²) >= 11 is 0. The van der Waals surface area contributed by atoms with E-state index in [1.54, 1.807) is 31.6 Å². The number of ether oxygens (including phenoxy) is 1. The summed E-state index contributed by atoms with van der Waals surface area (Å²) in [5, 5.41) is 38.1. The topological polar surface area (TPSA) is 191 Å². The summed E-state index contributed by atoms with van der Waals surface area (Å²) in [6.45, 7) is 0.900. The Hall–Kier alpha value is -5.64. The van der Waals surface area contributed by atoms with Gasteiger partial charge in [-0.05, 0) is 29.7 Å². The number of urea groups is 1. The molecule has 2 amide bonds. The summed E-state index contributed by atoms with van der Waals surface area (Å²) in [6.07, 6.45) is 1.85. The van der Waals surface area contributed by atoms with Crippen molar-refractivity contribution >= 4 is 40.6 Å². The van der Waals surface area contributed by atoms with Crippen molar-refractivity contribution in [3.63, 3.8) is 0 Å². The van der Waals surface area contributed by atoms with E-state index in [1.165, 1.54) is 11.2 Å². The number of aromatic nitrogens is 5. The van der Waals surface area contributed by atoms with Gasteiger partial charge in [-0.1, -0.05) is 60.7 Å². The molecule has 15 heteroatoms. The third-order valence-corrected chi connectivity index (χ3v) is 9.32. The molecule has 3 unspecified atom stereocenters. The highest BCUT2D eigenvalue weighted by molar-refractivity contribution is 5.91. The number of nitrogens with one attached hydrogen (secondary N) is 2. The van der Waals surface area contributed by atoms with Crippen LogP contribution in [0.2, 0.25) is 0 Å². The molecule has 2 fully saturated rings. The molecule has 2 saturated heterocycles. The zero-order valence-electron chi connectivity index (χ0n) is 27.2. The summed E-state index contributed by atoms with van der Waals surface area (Å²) < 4.78 is 6.74. The Morgan fingerprint density at radius 3 is 2.32 bits per heavy atom. The second-order valence-electron chi connectivity index (χ2n) is 12.4. The lowest BCUT2D eigenvalue weighted by Crippen LogP contribution is -2.51. The number of amides is 2. The van der Waals surface area contributed by atoms with Gasteiger partial charge in [0.15, 0.2) is 17.0 Å². The molecule has 0 spiro atoms. The van der Waals surface area contributed by atoms with Gasteiger partial charge < -0.3 is 35.6 Å². The van der Waals surface area contributed by atoms with Crippen LogP contribution in [0.15, 0.2) is 91.5 Å². The Balaban J connectivity index is 1.23. The van der Waals surface area contributed by atoms with Crippen molar-refractivity contribution in [3.8, 4) is 0 Å². The normalized spacial score (nSPS) is 21.8. The van der Waals surface area contributed by atoms with Crippen LogP contribution in [-0.2, 0) is 15.3 Å². The largest absolute Gasteiger partial charge is 0.478 e. The lowest BCUT2D eigenvalue weighted by Gasteiger charge is -2.29. The number of anilines is 3. The van der Waals surface area contributed by atoms with Crippen LogP contribution in [0.3, 0.4) is 0 Å². The monoisotopic (exact) mass is 679 g/mol. The molecule has 15 nitrogen and oxygen atoms in total. The van der Waals surface area contributed by atoms with Crippen molar-refractivity contribution in [1.29, 1.82) is 0 Å². The summed E-state index contributed by atoms with van der Waals surface area (Å²) in [6, 6.07) is 23.1. The van der Waals surface area contributed by atoms with Crippen molar-refractivity contribution in [2.75, 3.05) is 48.4 Å². The van der Waals surface area contributed by atoms with E-state index >= 15 is 0 Å². The van der Waals surface area contributed by atoms with Gasteiger partial charge in [0, 0.05) is 56.7 Å². The molecule has 5 N–H and O–H groups in total. The Morgan fingerprint density at radius 2 is 1.70 bits per heavy atom. The van der Waals surface area contributed by atoms with Gasteiger partial charge in [0.25, 0.3) is 5.72 Å². The standard InChI is InChI=1S/C35H37N9O6/c1-42(25-12-15-36-16-13-25)34(49)39-24-14-17-43(19-24)33-40-30(37-18-26(22-8-4-2-5-9-22)23-10-6-3-7-11-23)28-31(41-33)44(21-38-28)35(32(47)48)29(46)27(45)20-50-35/h2-13,15-16,21,24,26-27,29,45-46H,14,17-20H2,1H3,(H,39,49)(H,47,48)(H,37,40,41)/t24-,27?,29?,35?/m1/s1. The van der Waals surface area contributed by atoms with Gasteiger partial charge in [-0.15, -0.1) is 0 Å². The Labute approximate surface area is 287 Å². The number of imidazole rings is 1. The Morgan fingerprint density at radius 1 is 1.02 bits per heavy atom. The maximum Gasteiger partial charge on any atom is 0.361 e. The molecule has 0 radical (unpaired) electrons. The van der Waals surface area contributed by atoms with Gasteiger partial charge in [-0.3, -0.25) is 14.5 Å². The Kier molecular flexibility index (Phi) is 9.01. The van der Waals surface area contributed by atoms with Gasteiger partial charge in [0.05, 0.1) is 6.61 Å². The summed E-state index contributed by atoms with van der Waals surface area (Å²) in [7, 11) is 1.68. The number of carboxylic acid groups (broad SMARTS) is 1. The molecule has 3 aromatic heterocycles. The first-order valence-corrected chi connectivity index (χ1v) is 16.3. The maximum absolute atomic E-state index is 13.1. The second kappa shape index (κ2) is 13.7. The first-order valence-electron chi connectivity index (χ1n) is 16.3. The highest BCUT2D eigenvalue weighted by Crippen LogP contribution is 2.37. The van der Waals surface area contributed by atoms with Crippen molar-refractivity contribution in [2.24, 2.45) is 0 Å². The van der Waals surface area contributed by atoms with Gasteiger partial charge in [0.1, 0.15) is 18.5 Å². The quantitative estimate of drug-likeness (QED) is 0.145. The molecule has 4 atom stereocenters. The molecule has 5 heterocycles. The molecule has 2 aromatic carbocycles. The first-order chi connectivity index (χ1) is 24.3. The number of hydrogen-bond acceptors (Lipinski definition) is 11. The van der Waals surface area contributed by atoms with E-state index in [2.05, 4.69) is 44.9 Å². The van der Waals surface area contributed by atoms with E-state index < -0.39 is 30.5 Å². The van der Waals surface area contributed by atoms with Gasteiger partial charge in [0.2, 0.25) is 5.95 Å². The van der Waals surface area contributed by atoms with Crippen molar-refractivity contribution in [1.82, 2.24) is 29.8 Å². The smallest absolute Gasteiger partial charge is 0.361 e. The van der Waals surface area contributed by atoms with Crippen LogP contribution < -0.4 is 20.4 Å². The van der Waals surface area contributed by atoms with Crippen LogP contribution in [0.25, 0.3) is 11.2 Å². The number of fused-ring (bicyclic) bond motifs is 1. The fourth-order valence-electron chi connectivity index (χ4n) is 6.56. The highest BCUT2D eigenvalue weighted by Gasteiger charge is 2.58. The third-order valence-electron chi connectivity index (χ3n) is 9.32. The molecule has 5 aromatic rings. The number of carbonyl (C=O) groups excluding carboxylic acids is 1. The number of aliphatic hydroxyl groups is 2. The van der Waals surface area contributed by atoms with Crippen LogP contribution >= 0.6 is 0 Å². The Bertz CT molecular complexity index is 1930. The zero-order chi connectivity index (χ0) is 34.8. The van der Waals surface area contributed by atoms with E-state index in [9.17, 15) is 24.9 Å². The summed E-state index contributed by atoms with van der Waals surface area (Å²) in [5.74, 6) is -0.965. The minimum atomic E-state index is -2.37. The van der Waals surface area contributed by atoms with Crippen molar-refractivity contribution in [2.45, 2.75) is 36.3 Å². The molecule has 2 aliphatic heterocycles. The van der Waals surface area contributed by atoms with E-state index in [4.69, 9.17) is 14.7 Å². The number of rotatable bonds is 10. The summed E-state index contributed by atoms with van der Waals surface area (Å²) in [4.78, 5) is 47.3. The average molecular weight is 680 g/mol. The van der Waals surface area contributed by atoms with E-state index in [0.717, 1.165) is 15.7 Å². The number of aliphatic carboxylic acids is 1. The lowest BCUT2D eigenvalue weighted by molar-refractivity contribution is -0.186. The molecule has 0 bridgehead atoms. The van der Waals surface area contributed by atoms with Crippen LogP contribution in [0, 0.1) is 0 Å². The number of hydrogen-bond donors (Lipinski definition) is 5. The zero-order valence-corrected chi connectivity index (χ0v) is 27.2. The van der Waals surface area contributed by atoms with E-state index in [-0.39, 0.29) is 35.1 Å². The van der Waals surface area contributed by atoms with Gasteiger partial charge in [-0.25, -0.2) is 14.6 Å². The molecule has 258 valence electrons. The molecule has 0 saturated carbocycles. The average Bonchev–Trinajstić information content (AvgIpc) is 3.87. The molecule has 50 heavy (non-hydrogen) atoms. The van der Waals surface area contributed by atoms with Crippen LogP contribution in [-0.4, -0.2) is 103 Å². The number of benzene rings is 2.